The highest BCUT2D eigenvalue weighted by atomic mass is 79.9. The molecule has 5 rings (SSSR count). The summed E-state index contributed by atoms with van der Waals surface area (Å²) in [5.74, 6) is 1.44. The summed E-state index contributed by atoms with van der Waals surface area (Å²) in [6, 6.07) is 9.24. The SMILES string of the molecule is C=C(C1CC1)C(CCOCCCCc1ccc2c(n1)NCCC2)NC(=O)C1(n2c(Br)cccc2=O)CC1. The maximum atomic E-state index is 13.4. The molecule has 0 saturated heterocycles. The van der Waals surface area contributed by atoms with Crippen molar-refractivity contribution in [3.05, 3.63) is 68.7 Å². The molecule has 2 aromatic rings. The van der Waals surface area contributed by atoms with Gasteiger partial charge in [0.1, 0.15) is 11.4 Å². The second-order valence-electron chi connectivity index (χ2n) is 10.6. The minimum atomic E-state index is -0.805. The molecule has 2 aliphatic carbocycles. The zero-order chi connectivity index (χ0) is 25.8. The van der Waals surface area contributed by atoms with Crippen LogP contribution in [0.15, 0.2) is 51.9 Å². The monoisotopic (exact) mass is 568 g/mol. The van der Waals surface area contributed by atoms with Gasteiger partial charge < -0.3 is 15.4 Å². The second-order valence-corrected chi connectivity index (χ2v) is 11.4. The first-order valence-electron chi connectivity index (χ1n) is 13.7. The predicted molar refractivity (Wildman–Crippen MR) is 149 cm³/mol. The summed E-state index contributed by atoms with van der Waals surface area (Å²) < 4.78 is 8.18. The Hall–Kier alpha value is -2.45. The summed E-state index contributed by atoms with van der Waals surface area (Å²) in [5, 5.41) is 6.63. The van der Waals surface area contributed by atoms with Crippen LogP contribution in [0.1, 0.15) is 62.6 Å². The van der Waals surface area contributed by atoms with Crippen molar-refractivity contribution in [3.8, 4) is 0 Å². The number of aryl methyl sites for hydroxylation is 2. The Morgan fingerprint density at radius 2 is 2.08 bits per heavy atom. The number of hydrogen-bond donors (Lipinski definition) is 2. The molecule has 2 saturated carbocycles. The Bertz CT molecular complexity index is 1200. The number of anilines is 1. The van der Waals surface area contributed by atoms with Crippen LogP contribution < -0.4 is 16.2 Å². The number of ether oxygens (including phenoxy) is 1. The van der Waals surface area contributed by atoms with Crippen molar-refractivity contribution in [2.75, 3.05) is 25.1 Å². The molecule has 1 amide bonds. The summed E-state index contributed by atoms with van der Waals surface area (Å²) in [5.41, 5.74) is 2.57. The van der Waals surface area contributed by atoms with E-state index >= 15 is 0 Å². The molecule has 1 aliphatic heterocycles. The highest BCUT2D eigenvalue weighted by Crippen LogP contribution is 2.45. The van der Waals surface area contributed by atoms with E-state index in [0.717, 1.165) is 62.2 Å². The number of carbonyl (C=O) groups excluding carboxylic acids is 1. The fourth-order valence-corrected chi connectivity index (χ4v) is 5.92. The average molecular weight is 570 g/mol. The van der Waals surface area contributed by atoms with Crippen LogP contribution in [-0.2, 0) is 27.9 Å². The standard InChI is InChI=1S/C29H37BrN4O3/c1-20(21-10-11-21)24(33-28(36)29(15-16-29)34-25(30)8-4-9-26(34)35)14-19-37-18-3-2-7-23-13-12-22-6-5-17-31-27(22)32-23/h4,8-9,12-13,21,24H,1-3,5-7,10-11,14-19H2,(H,31,32)(H,33,36). The van der Waals surface area contributed by atoms with E-state index in [4.69, 9.17) is 9.72 Å². The van der Waals surface area contributed by atoms with E-state index < -0.39 is 5.54 Å². The number of hydrogen-bond acceptors (Lipinski definition) is 5. The first-order valence-corrected chi connectivity index (χ1v) is 14.5. The lowest BCUT2D eigenvalue weighted by Gasteiger charge is -2.26. The fourth-order valence-electron chi connectivity index (χ4n) is 5.25. The lowest BCUT2D eigenvalue weighted by molar-refractivity contribution is -0.126. The predicted octanol–water partition coefficient (Wildman–Crippen LogP) is 4.73. The minimum absolute atomic E-state index is 0.0969. The van der Waals surface area contributed by atoms with E-state index in [1.807, 2.05) is 6.07 Å². The Balaban J connectivity index is 1.08. The Kier molecular flexibility index (Phi) is 8.15. The van der Waals surface area contributed by atoms with E-state index in [2.05, 4.69) is 45.3 Å². The lowest BCUT2D eigenvalue weighted by atomic mass is 10.0. The van der Waals surface area contributed by atoms with Crippen LogP contribution in [0, 0.1) is 5.92 Å². The molecule has 1 unspecified atom stereocenters. The molecule has 0 bridgehead atoms. The van der Waals surface area contributed by atoms with Gasteiger partial charge in [0.2, 0.25) is 5.91 Å². The van der Waals surface area contributed by atoms with Crippen molar-refractivity contribution in [1.29, 1.82) is 0 Å². The maximum Gasteiger partial charge on any atom is 0.252 e. The van der Waals surface area contributed by atoms with Crippen molar-refractivity contribution in [2.24, 2.45) is 5.92 Å². The number of halogens is 1. The summed E-state index contributed by atoms with van der Waals surface area (Å²) in [4.78, 5) is 30.7. The number of pyridine rings is 2. The first kappa shape index (κ1) is 26.2. The number of rotatable bonds is 13. The molecule has 0 radical (unpaired) electrons. The quantitative estimate of drug-likeness (QED) is 0.207. The summed E-state index contributed by atoms with van der Waals surface area (Å²) in [6.07, 6.45) is 9.53. The molecule has 7 nitrogen and oxygen atoms in total. The highest BCUT2D eigenvalue weighted by Gasteiger charge is 2.53. The molecule has 198 valence electrons. The van der Waals surface area contributed by atoms with Crippen LogP contribution >= 0.6 is 15.9 Å². The van der Waals surface area contributed by atoms with E-state index in [1.54, 1.807) is 10.6 Å². The van der Waals surface area contributed by atoms with E-state index in [-0.39, 0.29) is 17.5 Å². The van der Waals surface area contributed by atoms with Crippen LogP contribution in [0.25, 0.3) is 0 Å². The fraction of sp³-hybridized carbons (Fsp3) is 0.552. The van der Waals surface area contributed by atoms with Gasteiger partial charge in [-0.25, -0.2) is 4.98 Å². The van der Waals surface area contributed by atoms with Gasteiger partial charge in [0, 0.05) is 31.5 Å². The maximum absolute atomic E-state index is 13.4. The second kappa shape index (κ2) is 11.5. The first-order chi connectivity index (χ1) is 18.0. The summed E-state index contributed by atoms with van der Waals surface area (Å²) in [6.45, 7) is 6.58. The van der Waals surface area contributed by atoms with E-state index in [9.17, 15) is 9.59 Å². The molecule has 0 spiro atoms. The number of unbranched alkanes of at least 4 members (excludes halogenated alkanes) is 1. The minimum Gasteiger partial charge on any atom is -0.381 e. The molecule has 37 heavy (non-hydrogen) atoms. The molecular weight excluding hydrogens is 532 g/mol. The smallest absolute Gasteiger partial charge is 0.252 e. The molecule has 8 heteroatoms. The zero-order valence-electron chi connectivity index (χ0n) is 21.4. The van der Waals surface area contributed by atoms with Crippen LogP contribution in [-0.4, -0.2) is 41.3 Å². The van der Waals surface area contributed by atoms with Gasteiger partial charge in [-0.05, 0) is 104 Å². The third kappa shape index (κ3) is 6.17. The molecule has 3 aliphatic rings. The van der Waals surface area contributed by atoms with Crippen molar-refractivity contribution >= 4 is 27.7 Å². The Labute approximate surface area is 227 Å². The van der Waals surface area contributed by atoms with Gasteiger partial charge in [-0.1, -0.05) is 24.3 Å². The number of nitrogens with zero attached hydrogens (tertiary/aromatic N) is 2. The number of carbonyl (C=O) groups is 1. The van der Waals surface area contributed by atoms with Crippen LogP contribution in [0.4, 0.5) is 5.82 Å². The van der Waals surface area contributed by atoms with Crippen LogP contribution in [0.2, 0.25) is 0 Å². The Morgan fingerprint density at radius 1 is 1.24 bits per heavy atom. The third-order valence-corrected chi connectivity index (χ3v) is 8.43. The van der Waals surface area contributed by atoms with Gasteiger partial charge in [-0.15, -0.1) is 0 Å². The number of amides is 1. The number of fused-ring (bicyclic) bond motifs is 1. The van der Waals surface area contributed by atoms with Gasteiger partial charge in [0.05, 0.1) is 10.6 Å². The van der Waals surface area contributed by atoms with Crippen molar-refractivity contribution < 1.29 is 9.53 Å². The topological polar surface area (TPSA) is 85.2 Å². The lowest BCUT2D eigenvalue weighted by Crippen LogP contribution is -2.48. The Morgan fingerprint density at radius 3 is 2.84 bits per heavy atom. The number of nitrogens with one attached hydrogen (secondary N) is 2. The molecule has 2 aromatic heterocycles. The highest BCUT2D eigenvalue weighted by molar-refractivity contribution is 9.10. The van der Waals surface area contributed by atoms with E-state index in [0.29, 0.717) is 43.0 Å². The molecule has 0 aromatic carbocycles. The van der Waals surface area contributed by atoms with Crippen molar-refractivity contribution in [2.45, 2.75) is 75.8 Å². The normalized spacial score (nSPS) is 18.4. The summed E-state index contributed by atoms with van der Waals surface area (Å²) >= 11 is 3.46. The third-order valence-electron chi connectivity index (χ3n) is 7.81. The van der Waals surface area contributed by atoms with Gasteiger partial charge >= 0.3 is 0 Å². The van der Waals surface area contributed by atoms with Gasteiger partial charge in [0.25, 0.3) is 5.56 Å². The van der Waals surface area contributed by atoms with E-state index in [1.165, 1.54) is 18.1 Å². The summed E-state index contributed by atoms with van der Waals surface area (Å²) in [7, 11) is 0. The zero-order valence-corrected chi connectivity index (χ0v) is 23.0. The molecular formula is C29H37BrN4O3. The van der Waals surface area contributed by atoms with Crippen molar-refractivity contribution in [3.63, 3.8) is 0 Å². The van der Waals surface area contributed by atoms with Gasteiger partial charge in [-0.2, -0.15) is 0 Å². The van der Waals surface area contributed by atoms with Gasteiger partial charge in [-0.3, -0.25) is 14.2 Å². The molecule has 3 heterocycles. The average Bonchev–Trinajstić information content (AvgIpc) is 3.81. The van der Waals surface area contributed by atoms with Gasteiger partial charge in [0.15, 0.2) is 0 Å². The molecule has 2 fully saturated rings. The molecule has 2 N–H and O–H groups in total. The van der Waals surface area contributed by atoms with Crippen LogP contribution in [0.5, 0.6) is 0 Å². The van der Waals surface area contributed by atoms with Crippen molar-refractivity contribution in [1.82, 2.24) is 14.9 Å². The molecule has 1 atom stereocenters. The number of aromatic nitrogens is 2. The largest absolute Gasteiger partial charge is 0.381 e. The van der Waals surface area contributed by atoms with Crippen LogP contribution in [0.3, 0.4) is 0 Å².